The van der Waals surface area contributed by atoms with Gasteiger partial charge in [-0.25, -0.2) is 9.18 Å². The van der Waals surface area contributed by atoms with Gasteiger partial charge in [-0.3, -0.25) is 0 Å². The molecule has 20 heavy (non-hydrogen) atoms. The minimum atomic E-state index is -0.943. The molecule has 2 aromatic carbocycles. The summed E-state index contributed by atoms with van der Waals surface area (Å²) >= 11 is 0. The van der Waals surface area contributed by atoms with Gasteiger partial charge in [0.1, 0.15) is 5.82 Å². The molecular weight excluding hydrogens is 255 g/mol. The van der Waals surface area contributed by atoms with Crippen molar-refractivity contribution in [1.82, 2.24) is 0 Å². The first-order valence-electron chi connectivity index (χ1n) is 6.43. The Labute approximate surface area is 117 Å². The van der Waals surface area contributed by atoms with E-state index in [1.165, 1.54) is 12.1 Å². The lowest BCUT2D eigenvalue weighted by Gasteiger charge is -2.15. The van der Waals surface area contributed by atoms with E-state index in [1.54, 1.807) is 13.0 Å². The lowest BCUT2D eigenvalue weighted by Crippen LogP contribution is -2.02. The fourth-order valence-electron chi connectivity index (χ4n) is 2.69. The summed E-state index contributed by atoms with van der Waals surface area (Å²) in [5.74, 6) is -1.21. The second kappa shape index (κ2) is 5.08. The molecule has 0 aromatic heterocycles. The molecule has 0 bridgehead atoms. The number of hydrogen-bond donors (Lipinski definition) is 1. The zero-order valence-corrected chi connectivity index (χ0v) is 12.0. The molecule has 0 radical (unpaired) electrons. The first kappa shape index (κ1) is 14.3. The summed E-state index contributed by atoms with van der Waals surface area (Å²) in [6.07, 6.45) is 0. The van der Waals surface area contributed by atoms with Gasteiger partial charge in [0.15, 0.2) is 0 Å². The maximum Gasteiger partial charge on any atom is 0.335 e. The van der Waals surface area contributed by atoms with Crippen molar-refractivity contribution in [3.63, 3.8) is 0 Å². The highest BCUT2D eigenvalue weighted by atomic mass is 19.1. The Morgan fingerprint density at radius 3 is 1.95 bits per heavy atom. The molecule has 0 atom stereocenters. The Balaban J connectivity index is 2.76. The molecule has 0 amide bonds. The lowest BCUT2D eigenvalue weighted by atomic mass is 9.90. The summed E-state index contributed by atoms with van der Waals surface area (Å²) in [4.78, 5) is 11.3. The van der Waals surface area contributed by atoms with Gasteiger partial charge < -0.3 is 5.11 Å². The summed E-state index contributed by atoms with van der Waals surface area (Å²) in [5, 5.41) is 9.25. The van der Waals surface area contributed by atoms with Crippen LogP contribution in [-0.2, 0) is 0 Å². The molecule has 0 aliphatic carbocycles. The number of rotatable bonds is 2. The Kier molecular flexibility index (Phi) is 3.62. The monoisotopic (exact) mass is 272 g/mol. The van der Waals surface area contributed by atoms with Gasteiger partial charge in [-0.2, -0.15) is 0 Å². The zero-order chi connectivity index (χ0) is 15.0. The zero-order valence-electron chi connectivity index (χ0n) is 12.0. The SMILES string of the molecule is Cc1cc(C)c(-c2c(C)cc(F)cc2C)cc1C(=O)O. The number of carboxylic acids is 1. The van der Waals surface area contributed by atoms with Gasteiger partial charge in [-0.05, 0) is 79.3 Å². The van der Waals surface area contributed by atoms with Gasteiger partial charge in [0.25, 0.3) is 0 Å². The summed E-state index contributed by atoms with van der Waals surface area (Å²) in [6, 6.07) is 6.49. The van der Waals surface area contributed by atoms with E-state index in [9.17, 15) is 14.3 Å². The molecule has 2 nitrogen and oxygen atoms in total. The van der Waals surface area contributed by atoms with Crippen molar-refractivity contribution in [3.8, 4) is 11.1 Å². The predicted molar refractivity (Wildman–Crippen MR) is 77.7 cm³/mol. The van der Waals surface area contributed by atoms with Crippen LogP contribution in [0.4, 0.5) is 4.39 Å². The van der Waals surface area contributed by atoms with Crippen LogP contribution in [0.15, 0.2) is 24.3 Å². The van der Waals surface area contributed by atoms with E-state index in [2.05, 4.69) is 0 Å². The number of carboxylic acid groups (broad SMARTS) is 1. The fourth-order valence-corrected chi connectivity index (χ4v) is 2.69. The van der Waals surface area contributed by atoms with Crippen LogP contribution >= 0.6 is 0 Å². The third kappa shape index (κ3) is 2.44. The van der Waals surface area contributed by atoms with Crippen LogP contribution < -0.4 is 0 Å². The lowest BCUT2D eigenvalue weighted by molar-refractivity contribution is 0.0696. The van der Waals surface area contributed by atoms with Crippen LogP contribution in [0.3, 0.4) is 0 Å². The van der Waals surface area contributed by atoms with Crippen LogP contribution in [-0.4, -0.2) is 11.1 Å². The largest absolute Gasteiger partial charge is 0.478 e. The Morgan fingerprint density at radius 2 is 1.45 bits per heavy atom. The second-order valence-electron chi connectivity index (χ2n) is 5.20. The van der Waals surface area contributed by atoms with Crippen molar-refractivity contribution in [2.75, 3.05) is 0 Å². The summed E-state index contributed by atoms with van der Waals surface area (Å²) in [7, 11) is 0. The smallest absolute Gasteiger partial charge is 0.335 e. The molecule has 0 saturated carbocycles. The summed E-state index contributed by atoms with van der Waals surface area (Å²) in [5.41, 5.74) is 5.39. The highest BCUT2D eigenvalue weighted by Gasteiger charge is 2.15. The molecule has 0 unspecified atom stereocenters. The Hall–Kier alpha value is -2.16. The molecule has 0 aliphatic rings. The number of halogens is 1. The van der Waals surface area contributed by atoms with E-state index >= 15 is 0 Å². The van der Waals surface area contributed by atoms with Crippen LogP contribution in [0, 0.1) is 33.5 Å². The van der Waals surface area contributed by atoms with Gasteiger partial charge in [-0.1, -0.05) is 6.07 Å². The quantitative estimate of drug-likeness (QED) is 0.878. The van der Waals surface area contributed by atoms with Crippen molar-refractivity contribution in [2.24, 2.45) is 0 Å². The van der Waals surface area contributed by atoms with E-state index in [0.29, 0.717) is 0 Å². The standard InChI is InChI=1S/C17H17FO2/c1-9-5-10(2)15(17(19)20)8-14(9)16-11(3)6-13(18)7-12(16)4/h5-8H,1-4H3,(H,19,20). The predicted octanol–water partition coefficient (Wildman–Crippen LogP) is 4.42. The van der Waals surface area contributed by atoms with Gasteiger partial charge in [0, 0.05) is 0 Å². The highest BCUT2D eigenvalue weighted by molar-refractivity contribution is 5.92. The summed E-state index contributed by atoms with van der Waals surface area (Å²) < 4.78 is 13.4. The first-order valence-corrected chi connectivity index (χ1v) is 6.43. The minimum Gasteiger partial charge on any atom is -0.478 e. The summed E-state index contributed by atoms with van der Waals surface area (Å²) in [6.45, 7) is 7.40. The van der Waals surface area contributed by atoms with E-state index in [-0.39, 0.29) is 11.4 Å². The van der Waals surface area contributed by atoms with Crippen LogP contribution in [0.1, 0.15) is 32.6 Å². The van der Waals surface area contributed by atoms with Gasteiger partial charge in [0.05, 0.1) is 5.56 Å². The molecule has 0 fully saturated rings. The Morgan fingerprint density at radius 1 is 0.900 bits per heavy atom. The van der Waals surface area contributed by atoms with Crippen LogP contribution in [0.5, 0.6) is 0 Å². The maximum absolute atomic E-state index is 13.4. The Bertz CT molecular complexity index is 679. The average Bonchev–Trinajstić information content (AvgIpc) is 2.29. The van der Waals surface area contributed by atoms with Gasteiger partial charge in [0.2, 0.25) is 0 Å². The number of aromatic carboxylic acids is 1. The van der Waals surface area contributed by atoms with Crippen LogP contribution in [0.25, 0.3) is 11.1 Å². The molecule has 104 valence electrons. The normalized spacial score (nSPS) is 10.7. The van der Waals surface area contributed by atoms with E-state index in [4.69, 9.17) is 0 Å². The highest BCUT2D eigenvalue weighted by Crippen LogP contribution is 2.32. The molecule has 0 heterocycles. The number of hydrogen-bond acceptors (Lipinski definition) is 1. The third-order valence-corrected chi connectivity index (χ3v) is 3.57. The second-order valence-corrected chi connectivity index (χ2v) is 5.20. The molecule has 1 N–H and O–H groups in total. The topological polar surface area (TPSA) is 37.3 Å². The molecule has 3 heteroatoms. The molecule has 0 saturated heterocycles. The number of benzene rings is 2. The van der Waals surface area contributed by atoms with E-state index < -0.39 is 5.97 Å². The molecule has 0 spiro atoms. The van der Waals surface area contributed by atoms with Crippen molar-refractivity contribution in [2.45, 2.75) is 27.7 Å². The fraction of sp³-hybridized carbons (Fsp3) is 0.235. The van der Waals surface area contributed by atoms with Crippen molar-refractivity contribution in [3.05, 3.63) is 57.9 Å². The molecule has 0 aliphatic heterocycles. The minimum absolute atomic E-state index is 0.271. The van der Waals surface area contributed by atoms with E-state index in [0.717, 1.165) is 33.4 Å². The third-order valence-electron chi connectivity index (χ3n) is 3.57. The molecular formula is C17H17FO2. The maximum atomic E-state index is 13.4. The van der Waals surface area contributed by atoms with Crippen molar-refractivity contribution in [1.29, 1.82) is 0 Å². The molecule has 2 rings (SSSR count). The first-order chi connectivity index (χ1) is 9.31. The van der Waals surface area contributed by atoms with E-state index in [1.807, 2.05) is 26.8 Å². The molecule has 2 aromatic rings. The van der Waals surface area contributed by atoms with Crippen molar-refractivity contribution >= 4 is 5.97 Å². The number of aryl methyl sites for hydroxylation is 4. The van der Waals surface area contributed by atoms with Gasteiger partial charge >= 0.3 is 5.97 Å². The number of carbonyl (C=O) groups is 1. The average molecular weight is 272 g/mol. The van der Waals surface area contributed by atoms with Gasteiger partial charge in [-0.15, -0.1) is 0 Å². The van der Waals surface area contributed by atoms with Crippen molar-refractivity contribution < 1.29 is 14.3 Å². The van der Waals surface area contributed by atoms with Crippen LogP contribution in [0.2, 0.25) is 0 Å².